The first-order chi connectivity index (χ1) is 10.1. The van der Waals surface area contributed by atoms with Gasteiger partial charge in [0.15, 0.2) is 0 Å². The zero-order chi connectivity index (χ0) is 15.2. The highest BCUT2D eigenvalue weighted by molar-refractivity contribution is 5.51. The van der Waals surface area contributed by atoms with Crippen molar-refractivity contribution in [2.45, 2.75) is 13.5 Å². The molecule has 0 saturated carbocycles. The lowest BCUT2D eigenvalue weighted by molar-refractivity contribution is -0.385. The molecule has 0 amide bonds. The molecule has 0 unspecified atom stereocenters. The van der Waals surface area contributed by atoms with Crippen LogP contribution in [-0.4, -0.2) is 23.0 Å². The van der Waals surface area contributed by atoms with Crippen molar-refractivity contribution in [2.75, 3.05) is 18.0 Å². The lowest BCUT2D eigenvalue weighted by Crippen LogP contribution is -2.29. The summed E-state index contributed by atoms with van der Waals surface area (Å²) < 4.78 is 0. The Balaban J connectivity index is 2.29. The van der Waals surface area contributed by atoms with Crippen molar-refractivity contribution in [2.24, 2.45) is 5.73 Å². The Morgan fingerprint density at radius 2 is 2.05 bits per heavy atom. The van der Waals surface area contributed by atoms with Gasteiger partial charge in [0.1, 0.15) is 5.82 Å². The predicted molar refractivity (Wildman–Crippen MR) is 82.2 cm³/mol. The SMILES string of the molecule is Cc1cnc(N(CCN)Cc2ccccc2)cc1[N+](=O)[O-]. The Labute approximate surface area is 123 Å². The number of rotatable bonds is 6. The van der Waals surface area contributed by atoms with Crippen molar-refractivity contribution < 1.29 is 4.92 Å². The summed E-state index contributed by atoms with van der Waals surface area (Å²) >= 11 is 0. The summed E-state index contributed by atoms with van der Waals surface area (Å²) in [4.78, 5) is 16.9. The summed E-state index contributed by atoms with van der Waals surface area (Å²) in [7, 11) is 0. The van der Waals surface area contributed by atoms with E-state index in [1.807, 2.05) is 35.2 Å². The maximum Gasteiger partial charge on any atom is 0.277 e. The second kappa shape index (κ2) is 6.81. The average Bonchev–Trinajstić information content (AvgIpc) is 2.48. The van der Waals surface area contributed by atoms with E-state index in [1.165, 1.54) is 12.3 Å². The monoisotopic (exact) mass is 286 g/mol. The first kappa shape index (κ1) is 14.9. The van der Waals surface area contributed by atoms with E-state index in [2.05, 4.69) is 4.98 Å². The van der Waals surface area contributed by atoms with Crippen LogP contribution in [0.4, 0.5) is 11.5 Å². The van der Waals surface area contributed by atoms with Gasteiger partial charge in [-0.1, -0.05) is 30.3 Å². The quantitative estimate of drug-likeness (QED) is 0.650. The Kier molecular flexibility index (Phi) is 4.84. The molecule has 1 aromatic carbocycles. The Morgan fingerprint density at radius 3 is 2.67 bits per heavy atom. The van der Waals surface area contributed by atoms with Crippen LogP contribution in [0.1, 0.15) is 11.1 Å². The van der Waals surface area contributed by atoms with E-state index in [4.69, 9.17) is 5.73 Å². The number of hydrogen-bond acceptors (Lipinski definition) is 5. The highest BCUT2D eigenvalue weighted by Gasteiger charge is 2.16. The minimum atomic E-state index is -0.385. The number of aryl methyl sites for hydroxylation is 1. The summed E-state index contributed by atoms with van der Waals surface area (Å²) in [5.74, 6) is 0.571. The topological polar surface area (TPSA) is 85.3 Å². The Hall–Kier alpha value is -2.47. The van der Waals surface area contributed by atoms with Gasteiger partial charge in [-0.15, -0.1) is 0 Å². The van der Waals surface area contributed by atoms with Crippen LogP contribution >= 0.6 is 0 Å². The lowest BCUT2D eigenvalue weighted by Gasteiger charge is -2.23. The third kappa shape index (κ3) is 3.76. The van der Waals surface area contributed by atoms with Crippen molar-refractivity contribution in [3.05, 3.63) is 63.8 Å². The van der Waals surface area contributed by atoms with E-state index in [9.17, 15) is 10.1 Å². The number of nitro groups is 1. The van der Waals surface area contributed by atoms with Crippen LogP contribution in [0.3, 0.4) is 0 Å². The minimum Gasteiger partial charge on any atom is -0.351 e. The fourth-order valence-corrected chi connectivity index (χ4v) is 2.11. The van der Waals surface area contributed by atoms with Gasteiger partial charge in [0.25, 0.3) is 5.69 Å². The van der Waals surface area contributed by atoms with Crippen LogP contribution in [0.25, 0.3) is 0 Å². The molecule has 21 heavy (non-hydrogen) atoms. The van der Waals surface area contributed by atoms with Gasteiger partial charge in [-0.25, -0.2) is 4.98 Å². The van der Waals surface area contributed by atoms with Crippen LogP contribution in [0.15, 0.2) is 42.6 Å². The van der Waals surface area contributed by atoms with Crippen LogP contribution in [-0.2, 0) is 6.54 Å². The first-order valence-corrected chi connectivity index (χ1v) is 6.72. The summed E-state index contributed by atoms with van der Waals surface area (Å²) in [6.07, 6.45) is 1.53. The molecule has 0 saturated heterocycles. The summed E-state index contributed by atoms with van der Waals surface area (Å²) in [6.45, 7) is 3.34. The smallest absolute Gasteiger partial charge is 0.277 e. The fraction of sp³-hybridized carbons (Fsp3) is 0.267. The largest absolute Gasteiger partial charge is 0.351 e. The maximum atomic E-state index is 11.0. The molecule has 0 aliphatic rings. The molecule has 0 aliphatic heterocycles. The summed E-state index contributed by atoms with van der Waals surface area (Å²) in [5, 5.41) is 11.0. The van der Waals surface area contributed by atoms with Crippen molar-refractivity contribution in [3.8, 4) is 0 Å². The fourth-order valence-electron chi connectivity index (χ4n) is 2.11. The van der Waals surface area contributed by atoms with Gasteiger partial charge in [0, 0.05) is 31.4 Å². The summed E-state index contributed by atoms with van der Waals surface area (Å²) in [5.41, 5.74) is 7.38. The molecular weight excluding hydrogens is 268 g/mol. The number of pyridine rings is 1. The van der Waals surface area contributed by atoms with Gasteiger partial charge in [-0.3, -0.25) is 10.1 Å². The molecule has 0 bridgehead atoms. The molecule has 0 radical (unpaired) electrons. The second-order valence-electron chi connectivity index (χ2n) is 4.78. The molecule has 0 atom stereocenters. The van der Waals surface area contributed by atoms with Crippen molar-refractivity contribution in [1.29, 1.82) is 0 Å². The van der Waals surface area contributed by atoms with E-state index in [1.54, 1.807) is 6.92 Å². The van der Waals surface area contributed by atoms with Crippen LogP contribution in [0.2, 0.25) is 0 Å². The number of aromatic nitrogens is 1. The van der Waals surface area contributed by atoms with Crippen LogP contribution in [0.5, 0.6) is 0 Å². The molecule has 0 fully saturated rings. The van der Waals surface area contributed by atoms with Gasteiger partial charge < -0.3 is 10.6 Å². The molecule has 1 aromatic heterocycles. The standard InChI is InChI=1S/C15H18N4O2/c1-12-10-17-15(9-14(12)19(20)21)18(8-7-16)11-13-5-3-2-4-6-13/h2-6,9-10H,7-8,11,16H2,1H3. The number of anilines is 1. The minimum absolute atomic E-state index is 0.0788. The third-order valence-electron chi connectivity index (χ3n) is 3.20. The molecule has 110 valence electrons. The van der Waals surface area contributed by atoms with Gasteiger partial charge >= 0.3 is 0 Å². The van der Waals surface area contributed by atoms with Gasteiger partial charge in [0.05, 0.1) is 11.0 Å². The zero-order valence-electron chi connectivity index (χ0n) is 11.9. The van der Waals surface area contributed by atoms with Crippen molar-refractivity contribution >= 4 is 11.5 Å². The van der Waals surface area contributed by atoms with E-state index < -0.39 is 0 Å². The van der Waals surface area contributed by atoms with E-state index in [0.717, 1.165) is 5.56 Å². The van der Waals surface area contributed by atoms with Gasteiger partial charge in [-0.2, -0.15) is 0 Å². The van der Waals surface area contributed by atoms with Crippen molar-refractivity contribution in [3.63, 3.8) is 0 Å². The molecule has 2 rings (SSSR count). The molecule has 2 aromatic rings. The Morgan fingerprint density at radius 1 is 1.33 bits per heavy atom. The summed E-state index contributed by atoms with van der Waals surface area (Å²) in [6, 6.07) is 11.4. The average molecular weight is 286 g/mol. The molecule has 0 aliphatic carbocycles. The van der Waals surface area contributed by atoms with E-state index in [-0.39, 0.29) is 10.6 Å². The molecule has 2 N–H and O–H groups in total. The normalized spacial score (nSPS) is 10.4. The van der Waals surface area contributed by atoms with E-state index in [0.29, 0.717) is 31.0 Å². The highest BCUT2D eigenvalue weighted by Crippen LogP contribution is 2.23. The molecule has 1 heterocycles. The van der Waals surface area contributed by atoms with Gasteiger partial charge in [-0.05, 0) is 12.5 Å². The van der Waals surface area contributed by atoms with E-state index >= 15 is 0 Å². The predicted octanol–water partition coefficient (Wildman–Crippen LogP) is 2.26. The third-order valence-corrected chi connectivity index (χ3v) is 3.20. The number of benzene rings is 1. The molecule has 6 heteroatoms. The number of nitrogens with zero attached hydrogens (tertiary/aromatic N) is 3. The molecule has 6 nitrogen and oxygen atoms in total. The Bertz CT molecular complexity index is 616. The highest BCUT2D eigenvalue weighted by atomic mass is 16.6. The zero-order valence-corrected chi connectivity index (χ0v) is 11.9. The second-order valence-corrected chi connectivity index (χ2v) is 4.78. The number of nitrogens with two attached hydrogens (primary N) is 1. The maximum absolute atomic E-state index is 11.0. The van der Waals surface area contributed by atoms with Crippen LogP contribution < -0.4 is 10.6 Å². The van der Waals surface area contributed by atoms with Crippen molar-refractivity contribution in [1.82, 2.24) is 4.98 Å². The lowest BCUT2D eigenvalue weighted by atomic mass is 10.2. The molecule has 0 spiro atoms. The number of hydrogen-bond donors (Lipinski definition) is 1. The van der Waals surface area contributed by atoms with Gasteiger partial charge in [0.2, 0.25) is 0 Å². The van der Waals surface area contributed by atoms with Crippen LogP contribution in [0, 0.1) is 17.0 Å². The molecular formula is C15H18N4O2. The first-order valence-electron chi connectivity index (χ1n) is 6.72.